The number of piperazine rings is 1. The van der Waals surface area contributed by atoms with Crippen molar-refractivity contribution in [1.82, 2.24) is 20.4 Å². The Balaban J connectivity index is 1.44. The maximum atomic E-state index is 13.6. The third kappa shape index (κ3) is 5.90. The number of guanidine groups is 1. The summed E-state index contributed by atoms with van der Waals surface area (Å²) in [5, 5.41) is 6.35. The van der Waals surface area contributed by atoms with Crippen molar-refractivity contribution in [3.63, 3.8) is 0 Å². The number of hydrogen-bond donors (Lipinski definition) is 2. The number of nitrogens with zero attached hydrogens (tertiary/aromatic N) is 3. The Labute approximate surface area is 172 Å². The van der Waals surface area contributed by atoms with Crippen LogP contribution in [0.25, 0.3) is 0 Å². The summed E-state index contributed by atoms with van der Waals surface area (Å²) in [4.78, 5) is 20.8. The zero-order chi connectivity index (χ0) is 20.7. The van der Waals surface area contributed by atoms with Crippen LogP contribution in [0.3, 0.4) is 0 Å². The summed E-state index contributed by atoms with van der Waals surface area (Å²) in [7, 11) is 3.41. The molecule has 1 saturated heterocycles. The van der Waals surface area contributed by atoms with Crippen LogP contribution in [0.4, 0.5) is 4.39 Å². The number of hydrogen-bond acceptors (Lipinski definition) is 4. The molecule has 0 spiro atoms. The van der Waals surface area contributed by atoms with E-state index in [-0.39, 0.29) is 17.1 Å². The zero-order valence-electron chi connectivity index (χ0n) is 17.4. The molecule has 160 valence electrons. The molecule has 29 heavy (non-hydrogen) atoms. The Morgan fingerprint density at radius 3 is 2.62 bits per heavy atom. The molecular formula is C21H32FN5O2. The number of carbonyl (C=O) groups is 1. The number of ether oxygens (including phenoxy) is 1. The van der Waals surface area contributed by atoms with Gasteiger partial charge in [0, 0.05) is 58.8 Å². The standard InChI is InChI=1S/C21H32FN5O2/c1-23-20(25-16-21(6-7-21)17-4-3-5-18(22)14-17)27-11-9-26(10-12-27)15-19(28)24-8-13-29-2/h3-5,14H,6-13,15-16H2,1-2H3,(H,23,25)(H,24,28). The van der Waals surface area contributed by atoms with Crippen LogP contribution in [0.1, 0.15) is 18.4 Å². The number of aliphatic imine (C=N–C) groups is 1. The van der Waals surface area contributed by atoms with Crippen molar-refractivity contribution in [3.8, 4) is 0 Å². The molecule has 1 saturated carbocycles. The topological polar surface area (TPSA) is 69.2 Å². The first kappa shape index (κ1) is 21.5. The molecule has 1 aromatic rings. The predicted octanol–water partition coefficient (Wildman–Crippen LogP) is 0.813. The Bertz CT molecular complexity index is 715. The van der Waals surface area contributed by atoms with Crippen LogP contribution in [0, 0.1) is 5.82 Å². The molecule has 1 heterocycles. The molecule has 1 aromatic carbocycles. The summed E-state index contributed by atoms with van der Waals surface area (Å²) in [5.74, 6) is 0.723. The Hall–Kier alpha value is -2.19. The van der Waals surface area contributed by atoms with Gasteiger partial charge >= 0.3 is 0 Å². The largest absolute Gasteiger partial charge is 0.383 e. The van der Waals surface area contributed by atoms with E-state index in [1.807, 2.05) is 6.07 Å². The lowest BCUT2D eigenvalue weighted by atomic mass is 9.96. The van der Waals surface area contributed by atoms with Crippen molar-refractivity contribution >= 4 is 11.9 Å². The lowest BCUT2D eigenvalue weighted by molar-refractivity contribution is -0.122. The van der Waals surface area contributed by atoms with Gasteiger partial charge in [-0.25, -0.2) is 4.39 Å². The average molecular weight is 406 g/mol. The van der Waals surface area contributed by atoms with E-state index in [2.05, 4.69) is 25.4 Å². The second-order valence-electron chi connectivity index (χ2n) is 7.80. The molecule has 2 fully saturated rings. The fraction of sp³-hybridized carbons (Fsp3) is 0.619. The van der Waals surface area contributed by atoms with Gasteiger partial charge in [0.2, 0.25) is 5.91 Å². The van der Waals surface area contributed by atoms with Crippen molar-refractivity contribution in [3.05, 3.63) is 35.6 Å². The van der Waals surface area contributed by atoms with E-state index in [9.17, 15) is 9.18 Å². The molecule has 2 N–H and O–H groups in total. The molecule has 7 nitrogen and oxygen atoms in total. The van der Waals surface area contributed by atoms with Crippen LogP contribution in [0.15, 0.2) is 29.3 Å². The lowest BCUT2D eigenvalue weighted by Gasteiger charge is -2.36. The fourth-order valence-electron chi connectivity index (χ4n) is 3.79. The highest BCUT2D eigenvalue weighted by Gasteiger charge is 2.44. The molecule has 1 aliphatic carbocycles. The molecule has 0 bridgehead atoms. The Morgan fingerprint density at radius 1 is 1.24 bits per heavy atom. The van der Waals surface area contributed by atoms with Gasteiger partial charge in [-0.05, 0) is 30.5 Å². The molecule has 2 aliphatic rings. The minimum absolute atomic E-state index is 0.0140. The predicted molar refractivity (Wildman–Crippen MR) is 112 cm³/mol. The molecule has 1 amide bonds. The molecule has 0 atom stereocenters. The van der Waals surface area contributed by atoms with Gasteiger partial charge in [0.15, 0.2) is 5.96 Å². The quantitative estimate of drug-likeness (QED) is 0.381. The molecule has 0 unspecified atom stereocenters. The second kappa shape index (κ2) is 10.0. The van der Waals surface area contributed by atoms with Crippen LogP contribution in [0.2, 0.25) is 0 Å². The van der Waals surface area contributed by atoms with Gasteiger partial charge in [0.05, 0.1) is 13.2 Å². The van der Waals surface area contributed by atoms with Crippen molar-refractivity contribution in [1.29, 1.82) is 0 Å². The maximum Gasteiger partial charge on any atom is 0.234 e. The fourth-order valence-corrected chi connectivity index (χ4v) is 3.79. The van der Waals surface area contributed by atoms with Crippen LogP contribution in [0.5, 0.6) is 0 Å². The van der Waals surface area contributed by atoms with Crippen molar-refractivity contribution in [2.45, 2.75) is 18.3 Å². The first-order valence-electron chi connectivity index (χ1n) is 10.3. The van der Waals surface area contributed by atoms with Gasteiger partial charge in [0.1, 0.15) is 5.82 Å². The number of benzene rings is 1. The van der Waals surface area contributed by atoms with E-state index in [1.165, 1.54) is 6.07 Å². The van der Waals surface area contributed by atoms with Gasteiger partial charge in [-0.1, -0.05) is 12.1 Å². The molecular weight excluding hydrogens is 373 g/mol. The minimum Gasteiger partial charge on any atom is -0.383 e. The zero-order valence-corrected chi connectivity index (χ0v) is 17.4. The minimum atomic E-state index is -0.180. The van der Waals surface area contributed by atoms with E-state index in [0.717, 1.165) is 57.1 Å². The average Bonchev–Trinajstić information content (AvgIpc) is 3.51. The Kier molecular flexibility index (Phi) is 7.44. The summed E-state index contributed by atoms with van der Waals surface area (Å²) in [5.41, 5.74) is 1.07. The lowest BCUT2D eigenvalue weighted by Crippen LogP contribution is -2.54. The van der Waals surface area contributed by atoms with Gasteiger partial charge in [-0.15, -0.1) is 0 Å². The number of rotatable bonds is 8. The van der Waals surface area contributed by atoms with E-state index < -0.39 is 0 Å². The van der Waals surface area contributed by atoms with Crippen LogP contribution >= 0.6 is 0 Å². The van der Waals surface area contributed by atoms with Crippen LogP contribution in [-0.4, -0.2) is 88.2 Å². The normalized spacial score (nSPS) is 19.1. The molecule has 3 rings (SSSR count). The third-order valence-corrected chi connectivity index (χ3v) is 5.75. The summed E-state index contributed by atoms with van der Waals surface area (Å²) >= 11 is 0. The van der Waals surface area contributed by atoms with Gasteiger partial charge in [0.25, 0.3) is 0 Å². The van der Waals surface area contributed by atoms with E-state index in [4.69, 9.17) is 4.74 Å². The van der Waals surface area contributed by atoms with E-state index in [0.29, 0.717) is 19.7 Å². The highest BCUT2D eigenvalue weighted by molar-refractivity contribution is 5.80. The number of amides is 1. The molecule has 1 aliphatic heterocycles. The first-order valence-corrected chi connectivity index (χ1v) is 10.3. The third-order valence-electron chi connectivity index (χ3n) is 5.75. The second-order valence-corrected chi connectivity index (χ2v) is 7.80. The highest BCUT2D eigenvalue weighted by atomic mass is 19.1. The van der Waals surface area contributed by atoms with Gasteiger partial charge in [-0.3, -0.25) is 14.7 Å². The molecule has 0 radical (unpaired) electrons. The molecule has 0 aromatic heterocycles. The van der Waals surface area contributed by atoms with Crippen molar-refractivity contribution in [2.24, 2.45) is 4.99 Å². The summed E-state index contributed by atoms with van der Waals surface area (Å²) in [6, 6.07) is 6.93. The van der Waals surface area contributed by atoms with Crippen LogP contribution in [-0.2, 0) is 14.9 Å². The number of nitrogens with one attached hydrogen (secondary N) is 2. The van der Waals surface area contributed by atoms with Crippen molar-refractivity contribution < 1.29 is 13.9 Å². The molecule has 8 heteroatoms. The highest BCUT2D eigenvalue weighted by Crippen LogP contribution is 2.47. The van der Waals surface area contributed by atoms with Gasteiger partial charge < -0.3 is 20.3 Å². The van der Waals surface area contributed by atoms with E-state index >= 15 is 0 Å². The maximum absolute atomic E-state index is 13.6. The van der Waals surface area contributed by atoms with Crippen molar-refractivity contribution in [2.75, 3.05) is 66.6 Å². The summed E-state index contributed by atoms with van der Waals surface area (Å²) < 4.78 is 18.5. The Morgan fingerprint density at radius 2 is 2.00 bits per heavy atom. The summed E-state index contributed by atoms with van der Waals surface area (Å²) in [6.07, 6.45) is 2.12. The summed E-state index contributed by atoms with van der Waals surface area (Å²) in [6.45, 7) is 5.49. The van der Waals surface area contributed by atoms with Crippen LogP contribution < -0.4 is 10.6 Å². The number of halogens is 1. The SMILES string of the molecule is CN=C(NCC1(c2cccc(F)c2)CC1)N1CCN(CC(=O)NCCOC)CC1. The van der Waals surface area contributed by atoms with Gasteiger partial charge in [-0.2, -0.15) is 0 Å². The first-order chi connectivity index (χ1) is 14.1. The number of methoxy groups -OCH3 is 1. The van der Waals surface area contributed by atoms with E-state index in [1.54, 1.807) is 26.3 Å². The smallest absolute Gasteiger partial charge is 0.234 e. The monoisotopic (exact) mass is 405 g/mol. The number of carbonyl (C=O) groups excluding carboxylic acids is 1.